The van der Waals surface area contributed by atoms with Crippen molar-refractivity contribution in [2.75, 3.05) is 6.54 Å². The van der Waals surface area contributed by atoms with Gasteiger partial charge in [0.2, 0.25) is 0 Å². The molecule has 0 amide bonds. The van der Waals surface area contributed by atoms with Gasteiger partial charge in [0.1, 0.15) is 5.69 Å². The van der Waals surface area contributed by atoms with Gasteiger partial charge < -0.3 is 5.73 Å². The van der Waals surface area contributed by atoms with E-state index in [0.29, 0.717) is 23.1 Å². The van der Waals surface area contributed by atoms with Gasteiger partial charge in [-0.1, -0.05) is 0 Å². The second kappa shape index (κ2) is 3.64. The minimum atomic E-state index is -0.0168. The third-order valence-electron chi connectivity index (χ3n) is 1.24. The van der Waals surface area contributed by atoms with Gasteiger partial charge in [0.25, 0.3) is 0 Å². The monoisotopic (exact) mass is 217 g/mol. The van der Waals surface area contributed by atoms with Crippen LogP contribution in [0.3, 0.4) is 0 Å². The molecular weight excluding hydrogens is 210 g/mol. The largest absolute Gasteiger partial charge is 0.330 e. The molecule has 5 heteroatoms. The second-order valence-electron chi connectivity index (χ2n) is 2.05. The molecule has 60 valence electrons. The van der Waals surface area contributed by atoms with Gasteiger partial charge in [0.05, 0.1) is 10.7 Å². The SMILES string of the molecule is NCCC(=O)c1[nH]ncc1Br. The van der Waals surface area contributed by atoms with E-state index >= 15 is 0 Å². The van der Waals surface area contributed by atoms with Gasteiger partial charge in [0, 0.05) is 6.42 Å². The van der Waals surface area contributed by atoms with Crippen LogP contribution in [-0.2, 0) is 0 Å². The van der Waals surface area contributed by atoms with Crippen molar-refractivity contribution in [2.45, 2.75) is 6.42 Å². The average molecular weight is 218 g/mol. The van der Waals surface area contributed by atoms with Crippen LogP contribution in [0.1, 0.15) is 16.9 Å². The predicted molar refractivity (Wildman–Crippen MR) is 44.3 cm³/mol. The third-order valence-corrected chi connectivity index (χ3v) is 1.84. The van der Waals surface area contributed by atoms with E-state index < -0.39 is 0 Å². The lowest BCUT2D eigenvalue weighted by atomic mass is 10.2. The summed E-state index contributed by atoms with van der Waals surface area (Å²) in [6, 6.07) is 0. The summed E-state index contributed by atoms with van der Waals surface area (Å²) in [5, 5.41) is 6.28. The molecule has 0 atom stereocenters. The van der Waals surface area contributed by atoms with E-state index in [0.717, 1.165) is 0 Å². The third kappa shape index (κ3) is 1.87. The first-order valence-electron chi connectivity index (χ1n) is 3.18. The fraction of sp³-hybridized carbons (Fsp3) is 0.333. The van der Waals surface area contributed by atoms with E-state index in [4.69, 9.17) is 5.73 Å². The second-order valence-corrected chi connectivity index (χ2v) is 2.91. The van der Waals surface area contributed by atoms with Crippen molar-refractivity contribution in [2.24, 2.45) is 5.73 Å². The number of aromatic nitrogens is 2. The minimum absolute atomic E-state index is 0.0168. The fourth-order valence-corrected chi connectivity index (χ4v) is 1.14. The van der Waals surface area contributed by atoms with Crippen LogP contribution in [-0.4, -0.2) is 22.5 Å². The standard InChI is InChI=1S/C6H8BrN3O/c7-4-3-9-10-6(4)5(11)1-2-8/h3H,1-2,8H2,(H,9,10). The summed E-state index contributed by atoms with van der Waals surface area (Å²) in [6.45, 7) is 0.365. The molecule has 11 heavy (non-hydrogen) atoms. The maximum absolute atomic E-state index is 11.1. The first-order valence-corrected chi connectivity index (χ1v) is 3.97. The van der Waals surface area contributed by atoms with Crippen molar-refractivity contribution in [3.05, 3.63) is 16.4 Å². The number of halogens is 1. The number of hydrogen-bond donors (Lipinski definition) is 2. The van der Waals surface area contributed by atoms with Gasteiger partial charge in [-0.3, -0.25) is 9.89 Å². The molecule has 0 saturated heterocycles. The van der Waals surface area contributed by atoms with Gasteiger partial charge in [0.15, 0.2) is 5.78 Å². The van der Waals surface area contributed by atoms with Gasteiger partial charge >= 0.3 is 0 Å². The maximum atomic E-state index is 11.1. The summed E-state index contributed by atoms with van der Waals surface area (Å²) < 4.78 is 0.691. The quantitative estimate of drug-likeness (QED) is 0.733. The Labute approximate surface area is 72.3 Å². The Balaban J connectivity index is 2.76. The summed E-state index contributed by atoms with van der Waals surface area (Å²) in [5.41, 5.74) is 5.71. The molecule has 1 aromatic rings. The Morgan fingerprint density at radius 3 is 3.00 bits per heavy atom. The Bertz CT molecular complexity index is 258. The lowest BCUT2D eigenvalue weighted by Gasteiger charge is -1.93. The molecular formula is C6H8BrN3O. The van der Waals surface area contributed by atoms with E-state index in [1.807, 2.05) is 0 Å². The molecule has 0 aromatic carbocycles. The zero-order chi connectivity index (χ0) is 8.27. The highest BCUT2D eigenvalue weighted by molar-refractivity contribution is 9.10. The number of nitrogens with two attached hydrogens (primary N) is 1. The Hall–Kier alpha value is -0.680. The molecule has 0 aliphatic rings. The van der Waals surface area contributed by atoms with E-state index in [1.165, 1.54) is 0 Å². The van der Waals surface area contributed by atoms with Crippen LogP contribution < -0.4 is 5.73 Å². The zero-order valence-electron chi connectivity index (χ0n) is 5.80. The molecule has 0 aliphatic carbocycles. The van der Waals surface area contributed by atoms with E-state index in [2.05, 4.69) is 26.1 Å². The number of ketones is 1. The molecule has 0 bridgehead atoms. The molecule has 4 nitrogen and oxygen atoms in total. The summed E-state index contributed by atoms with van der Waals surface area (Å²) in [5.74, 6) is -0.0168. The van der Waals surface area contributed by atoms with Crippen molar-refractivity contribution in [3.63, 3.8) is 0 Å². The van der Waals surface area contributed by atoms with E-state index in [9.17, 15) is 4.79 Å². The minimum Gasteiger partial charge on any atom is -0.330 e. The normalized spacial score (nSPS) is 10.0. The first kappa shape index (κ1) is 8.42. The summed E-state index contributed by atoms with van der Waals surface area (Å²) in [6.07, 6.45) is 1.89. The van der Waals surface area contributed by atoms with Gasteiger partial charge in [-0.05, 0) is 22.5 Å². The van der Waals surface area contributed by atoms with Gasteiger partial charge in [-0.15, -0.1) is 0 Å². The molecule has 0 saturated carbocycles. The molecule has 1 heterocycles. The lowest BCUT2D eigenvalue weighted by Crippen LogP contribution is -2.08. The van der Waals surface area contributed by atoms with Crippen LogP contribution in [0.15, 0.2) is 10.7 Å². The van der Waals surface area contributed by atoms with Gasteiger partial charge in [-0.2, -0.15) is 5.10 Å². The molecule has 0 unspecified atom stereocenters. The number of Topliss-reactive ketones (excluding diaryl/α,β-unsaturated/α-hetero) is 1. The highest BCUT2D eigenvalue weighted by atomic mass is 79.9. The van der Waals surface area contributed by atoms with Gasteiger partial charge in [-0.25, -0.2) is 0 Å². The van der Waals surface area contributed by atoms with Crippen molar-refractivity contribution in [1.29, 1.82) is 0 Å². The smallest absolute Gasteiger partial charge is 0.183 e. The molecule has 0 radical (unpaired) electrons. The molecule has 1 rings (SSSR count). The Kier molecular flexibility index (Phi) is 2.78. The Morgan fingerprint density at radius 1 is 1.82 bits per heavy atom. The van der Waals surface area contributed by atoms with Crippen molar-refractivity contribution in [3.8, 4) is 0 Å². The number of H-pyrrole nitrogens is 1. The number of hydrogen-bond acceptors (Lipinski definition) is 3. The molecule has 0 spiro atoms. The van der Waals surface area contributed by atoms with Crippen molar-refractivity contribution >= 4 is 21.7 Å². The number of aromatic amines is 1. The van der Waals surface area contributed by atoms with Crippen molar-refractivity contribution in [1.82, 2.24) is 10.2 Å². The van der Waals surface area contributed by atoms with E-state index in [1.54, 1.807) is 6.20 Å². The number of carbonyl (C=O) groups excluding carboxylic acids is 1. The highest BCUT2D eigenvalue weighted by Crippen LogP contribution is 2.13. The molecule has 3 N–H and O–H groups in total. The van der Waals surface area contributed by atoms with E-state index in [-0.39, 0.29) is 5.78 Å². The van der Waals surface area contributed by atoms with Crippen molar-refractivity contribution < 1.29 is 4.79 Å². The van der Waals surface area contributed by atoms with Crippen LogP contribution >= 0.6 is 15.9 Å². The first-order chi connectivity index (χ1) is 5.25. The van der Waals surface area contributed by atoms with Crippen LogP contribution in [0.25, 0.3) is 0 Å². The summed E-state index contributed by atoms with van der Waals surface area (Å²) in [4.78, 5) is 11.1. The van der Waals surface area contributed by atoms with Crippen LogP contribution in [0.2, 0.25) is 0 Å². The lowest BCUT2D eigenvalue weighted by molar-refractivity contribution is 0.0980. The predicted octanol–water partition coefficient (Wildman–Crippen LogP) is 0.704. The molecule has 0 aliphatic heterocycles. The molecule has 0 fully saturated rings. The number of carbonyl (C=O) groups is 1. The summed E-state index contributed by atoms with van der Waals surface area (Å²) in [7, 11) is 0. The van der Waals surface area contributed by atoms with Crippen LogP contribution in [0.5, 0.6) is 0 Å². The zero-order valence-corrected chi connectivity index (χ0v) is 7.39. The maximum Gasteiger partial charge on any atom is 0.183 e. The van der Waals surface area contributed by atoms with Crippen LogP contribution in [0, 0.1) is 0 Å². The molecule has 1 aromatic heterocycles. The van der Waals surface area contributed by atoms with Crippen LogP contribution in [0.4, 0.5) is 0 Å². The number of nitrogens with zero attached hydrogens (tertiary/aromatic N) is 1. The number of nitrogens with one attached hydrogen (secondary N) is 1. The Morgan fingerprint density at radius 2 is 2.55 bits per heavy atom. The topological polar surface area (TPSA) is 71.8 Å². The number of rotatable bonds is 3. The fourth-order valence-electron chi connectivity index (χ4n) is 0.723. The summed E-state index contributed by atoms with van der Waals surface area (Å²) >= 11 is 3.18. The highest BCUT2D eigenvalue weighted by Gasteiger charge is 2.09. The average Bonchev–Trinajstić information content (AvgIpc) is 2.36.